The van der Waals surface area contributed by atoms with E-state index >= 15 is 0 Å². The van der Waals surface area contributed by atoms with Crippen LogP contribution in [-0.4, -0.2) is 62.9 Å². The van der Waals surface area contributed by atoms with E-state index in [-0.39, 0.29) is 12.2 Å². The molecule has 2 aliphatic heterocycles. The molecule has 8 heteroatoms. The van der Waals surface area contributed by atoms with Gasteiger partial charge in [-0.25, -0.2) is 4.79 Å². The molecule has 3 rings (SSSR count). The number of aromatic hydroxyl groups is 1. The van der Waals surface area contributed by atoms with Crippen molar-refractivity contribution in [1.29, 1.82) is 0 Å². The van der Waals surface area contributed by atoms with Gasteiger partial charge in [0.05, 0.1) is 13.0 Å². The Hall–Kier alpha value is -2.16. The summed E-state index contributed by atoms with van der Waals surface area (Å²) < 4.78 is 10.1. The van der Waals surface area contributed by atoms with Crippen molar-refractivity contribution in [3.63, 3.8) is 0 Å². The van der Waals surface area contributed by atoms with E-state index in [0.29, 0.717) is 5.56 Å². The minimum absolute atomic E-state index is 0.0103. The van der Waals surface area contributed by atoms with Gasteiger partial charge >= 0.3 is 11.9 Å². The standard InChI is InChI=1S/C15H16O8/c16-6-10(18)12-13(20)15(14(21)22-12)9(5-11(19)23-15)7-1-3-8(17)4-2-7/h1-4,9-10,12-13,16-18,20H,5-6H2/t9?,10-,12+,13+,15?/m0/s1. The van der Waals surface area contributed by atoms with Crippen molar-refractivity contribution in [3.8, 4) is 5.75 Å². The van der Waals surface area contributed by atoms with Crippen LogP contribution in [0.15, 0.2) is 24.3 Å². The van der Waals surface area contributed by atoms with Crippen LogP contribution in [0.3, 0.4) is 0 Å². The largest absolute Gasteiger partial charge is 0.508 e. The van der Waals surface area contributed by atoms with Gasteiger partial charge in [-0.2, -0.15) is 0 Å². The maximum Gasteiger partial charge on any atom is 0.354 e. The summed E-state index contributed by atoms with van der Waals surface area (Å²) in [5.74, 6) is -2.46. The summed E-state index contributed by atoms with van der Waals surface area (Å²) in [4.78, 5) is 24.1. The Kier molecular flexibility index (Phi) is 3.75. The average molecular weight is 324 g/mol. The van der Waals surface area contributed by atoms with Crippen molar-refractivity contribution in [2.75, 3.05) is 6.61 Å². The molecule has 8 nitrogen and oxygen atoms in total. The zero-order chi connectivity index (χ0) is 16.8. The number of phenolic OH excluding ortho intramolecular Hbond substituents is 1. The zero-order valence-corrected chi connectivity index (χ0v) is 12.0. The molecule has 0 aromatic heterocycles. The van der Waals surface area contributed by atoms with Gasteiger partial charge in [-0.3, -0.25) is 4.79 Å². The van der Waals surface area contributed by atoms with Crippen molar-refractivity contribution in [3.05, 3.63) is 29.8 Å². The molecule has 0 amide bonds. The van der Waals surface area contributed by atoms with Gasteiger partial charge in [-0.1, -0.05) is 12.1 Å². The smallest absolute Gasteiger partial charge is 0.354 e. The summed E-state index contributed by atoms with van der Waals surface area (Å²) >= 11 is 0. The highest BCUT2D eigenvalue weighted by Gasteiger charge is 2.69. The normalized spacial score (nSPS) is 34.5. The van der Waals surface area contributed by atoms with Crippen LogP contribution >= 0.6 is 0 Å². The first-order valence-electron chi connectivity index (χ1n) is 7.09. The third-order valence-corrected chi connectivity index (χ3v) is 4.35. The highest BCUT2D eigenvalue weighted by Crippen LogP contribution is 2.48. The Morgan fingerprint density at radius 3 is 2.52 bits per heavy atom. The molecule has 2 saturated heterocycles. The number of phenols is 1. The van der Waals surface area contributed by atoms with Gasteiger partial charge < -0.3 is 29.9 Å². The molecule has 4 N–H and O–H groups in total. The van der Waals surface area contributed by atoms with Gasteiger partial charge in [-0.15, -0.1) is 0 Å². The number of carbonyl (C=O) groups is 2. The molecule has 0 saturated carbocycles. The van der Waals surface area contributed by atoms with E-state index in [1.165, 1.54) is 24.3 Å². The number of carbonyl (C=O) groups excluding carboxylic acids is 2. The van der Waals surface area contributed by atoms with Gasteiger partial charge in [0.15, 0.2) is 6.10 Å². The lowest BCUT2D eigenvalue weighted by atomic mass is 9.77. The summed E-state index contributed by atoms with van der Waals surface area (Å²) in [5, 5.41) is 38.5. The van der Waals surface area contributed by atoms with E-state index < -0.39 is 48.4 Å². The van der Waals surface area contributed by atoms with Crippen LogP contribution < -0.4 is 0 Å². The molecular formula is C15H16O8. The molecule has 124 valence electrons. The number of benzene rings is 1. The minimum atomic E-state index is -1.96. The number of esters is 2. The third-order valence-electron chi connectivity index (χ3n) is 4.35. The predicted octanol–water partition coefficient (Wildman–Crippen LogP) is -1.20. The number of cyclic esters (lactones) is 1. The van der Waals surface area contributed by atoms with Crippen LogP contribution in [0.2, 0.25) is 0 Å². The number of hydrogen-bond donors (Lipinski definition) is 4. The number of aliphatic hydroxyl groups excluding tert-OH is 3. The molecule has 1 aromatic carbocycles. The second-order valence-electron chi connectivity index (χ2n) is 5.68. The van der Waals surface area contributed by atoms with Gasteiger partial charge in [0, 0.05) is 5.92 Å². The van der Waals surface area contributed by atoms with Crippen LogP contribution in [0.5, 0.6) is 5.75 Å². The Bertz CT molecular complexity index is 627. The van der Waals surface area contributed by atoms with Crippen LogP contribution in [0.25, 0.3) is 0 Å². The quantitative estimate of drug-likeness (QED) is 0.510. The lowest BCUT2D eigenvalue weighted by Gasteiger charge is -2.29. The van der Waals surface area contributed by atoms with Crippen LogP contribution in [0.1, 0.15) is 17.9 Å². The topological polar surface area (TPSA) is 134 Å². The van der Waals surface area contributed by atoms with Crippen LogP contribution in [0.4, 0.5) is 0 Å². The molecule has 0 radical (unpaired) electrons. The molecule has 2 fully saturated rings. The fraction of sp³-hybridized carbons (Fsp3) is 0.467. The number of ether oxygens (including phenoxy) is 2. The predicted molar refractivity (Wildman–Crippen MR) is 73.3 cm³/mol. The molecule has 1 aromatic rings. The maximum atomic E-state index is 12.3. The van der Waals surface area contributed by atoms with Crippen molar-refractivity contribution in [2.24, 2.45) is 0 Å². The van der Waals surface area contributed by atoms with Crippen LogP contribution in [0, 0.1) is 0 Å². The molecular weight excluding hydrogens is 308 g/mol. The van der Waals surface area contributed by atoms with E-state index in [2.05, 4.69) is 0 Å². The molecule has 5 atom stereocenters. The van der Waals surface area contributed by atoms with Gasteiger partial charge in [0.2, 0.25) is 5.60 Å². The first-order chi connectivity index (χ1) is 10.9. The molecule has 2 unspecified atom stereocenters. The van der Waals surface area contributed by atoms with Gasteiger partial charge in [-0.05, 0) is 17.7 Å². The third kappa shape index (κ3) is 2.26. The summed E-state index contributed by atoms with van der Waals surface area (Å²) in [6.45, 7) is -0.719. The highest BCUT2D eigenvalue weighted by atomic mass is 16.6. The fourth-order valence-electron chi connectivity index (χ4n) is 3.18. The molecule has 1 spiro atoms. The minimum Gasteiger partial charge on any atom is -0.508 e. The van der Waals surface area contributed by atoms with Crippen molar-refractivity contribution < 1.29 is 39.5 Å². The van der Waals surface area contributed by atoms with Crippen molar-refractivity contribution in [2.45, 2.75) is 36.3 Å². The Balaban J connectivity index is 2.02. The number of hydrogen-bond acceptors (Lipinski definition) is 8. The van der Waals surface area contributed by atoms with E-state index in [9.17, 15) is 24.9 Å². The zero-order valence-electron chi connectivity index (χ0n) is 12.0. The first kappa shape index (κ1) is 15.7. The first-order valence-corrected chi connectivity index (χ1v) is 7.09. The van der Waals surface area contributed by atoms with Gasteiger partial charge in [0.1, 0.15) is 18.0 Å². The lowest BCUT2D eigenvalue weighted by molar-refractivity contribution is -0.169. The summed E-state index contributed by atoms with van der Waals surface area (Å²) in [7, 11) is 0. The van der Waals surface area contributed by atoms with E-state index in [1.54, 1.807) is 0 Å². The lowest BCUT2D eigenvalue weighted by Crippen LogP contribution is -2.52. The summed E-state index contributed by atoms with van der Waals surface area (Å²) in [6.07, 6.45) is -4.66. The Labute approximate surface area is 130 Å². The number of rotatable bonds is 3. The molecule has 2 aliphatic rings. The SMILES string of the molecule is O=C1CC(c2ccc(O)cc2)C2(O1)C(=O)O[C@H]([C@@H](O)CO)[C@H]2O. The monoisotopic (exact) mass is 324 g/mol. The maximum absolute atomic E-state index is 12.3. The van der Waals surface area contributed by atoms with E-state index in [4.69, 9.17) is 14.6 Å². The highest BCUT2D eigenvalue weighted by molar-refractivity contribution is 5.91. The van der Waals surface area contributed by atoms with E-state index in [0.717, 1.165) is 0 Å². The molecule has 2 heterocycles. The molecule has 0 bridgehead atoms. The number of aliphatic hydroxyl groups is 3. The van der Waals surface area contributed by atoms with Gasteiger partial charge in [0.25, 0.3) is 0 Å². The molecule has 23 heavy (non-hydrogen) atoms. The average Bonchev–Trinajstić information content (AvgIpc) is 3.01. The summed E-state index contributed by atoms with van der Waals surface area (Å²) in [5.41, 5.74) is -1.46. The Morgan fingerprint density at radius 1 is 1.26 bits per heavy atom. The second kappa shape index (κ2) is 5.48. The van der Waals surface area contributed by atoms with Crippen LogP contribution in [-0.2, 0) is 19.1 Å². The Morgan fingerprint density at radius 2 is 1.91 bits per heavy atom. The summed E-state index contributed by atoms with van der Waals surface area (Å²) in [6, 6.07) is 5.80. The fourth-order valence-corrected chi connectivity index (χ4v) is 3.18. The second-order valence-corrected chi connectivity index (χ2v) is 5.68. The van der Waals surface area contributed by atoms with E-state index in [1.807, 2.05) is 0 Å². The molecule has 0 aliphatic carbocycles. The van der Waals surface area contributed by atoms with Crippen molar-refractivity contribution in [1.82, 2.24) is 0 Å². The van der Waals surface area contributed by atoms with Crippen molar-refractivity contribution >= 4 is 11.9 Å².